The average Bonchev–Trinajstić information content (AvgIpc) is 2.40. The Hall–Kier alpha value is -0.120. The van der Waals surface area contributed by atoms with Gasteiger partial charge in [-0.2, -0.15) is 0 Å². The number of likely N-dealkylation sites (N-methyl/N-ethyl adjacent to an activating group) is 1. The Morgan fingerprint density at radius 3 is 2.29 bits per heavy atom. The second-order valence-corrected chi connectivity index (χ2v) is 6.07. The molecule has 0 aromatic heterocycles. The van der Waals surface area contributed by atoms with Gasteiger partial charge < -0.3 is 10.5 Å². The van der Waals surface area contributed by atoms with Crippen molar-refractivity contribution < 1.29 is 4.74 Å². The van der Waals surface area contributed by atoms with Crippen molar-refractivity contribution in [1.29, 1.82) is 0 Å². The van der Waals surface area contributed by atoms with Crippen LogP contribution < -0.4 is 5.73 Å². The van der Waals surface area contributed by atoms with Crippen molar-refractivity contribution >= 4 is 0 Å². The van der Waals surface area contributed by atoms with Gasteiger partial charge in [-0.15, -0.1) is 0 Å². The van der Waals surface area contributed by atoms with Crippen LogP contribution in [0.15, 0.2) is 0 Å². The molecular formula is C14H28N2O. The Bertz CT molecular complexity index is 230. The number of hydrogen-bond acceptors (Lipinski definition) is 3. The molecule has 1 aliphatic carbocycles. The molecule has 17 heavy (non-hydrogen) atoms. The average molecular weight is 240 g/mol. The van der Waals surface area contributed by atoms with Crippen LogP contribution in [0.4, 0.5) is 0 Å². The maximum atomic E-state index is 6.12. The fraction of sp³-hybridized carbons (Fsp3) is 1.00. The van der Waals surface area contributed by atoms with Gasteiger partial charge in [-0.1, -0.05) is 6.92 Å². The van der Waals surface area contributed by atoms with Crippen molar-refractivity contribution in [3.63, 3.8) is 0 Å². The molecule has 2 N–H and O–H groups in total. The van der Waals surface area contributed by atoms with E-state index in [0.717, 1.165) is 25.7 Å². The van der Waals surface area contributed by atoms with E-state index in [9.17, 15) is 0 Å². The predicted octanol–water partition coefficient (Wildman–Crippen LogP) is 2.00. The molecule has 3 heteroatoms. The van der Waals surface area contributed by atoms with Crippen LogP contribution in [0.1, 0.15) is 45.4 Å². The molecule has 2 rings (SSSR count). The molecule has 2 aliphatic rings. The summed E-state index contributed by atoms with van der Waals surface area (Å²) in [6, 6.07) is 0.681. The third-order valence-electron chi connectivity index (χ3n) is 5.07. The summed E-state index contributed by atoms with van der Waals surface area (Å²) in [4.78, 5) is 2.60. The SMILES string of the molecule is CC1CCC(CN)(N(C)C2CCOCC2)CC1. The minimum atomic E-state index is 0.272. The highest BCUT2D eigenvalue weighted by molar-refractivity contribution is 4.96. The van der Waals surface area contributed by atoms with Crippen LogP contribution in [0.2, 0.25) is 0 Å². The van der Waals surface area contributed by atoms with Gasteiger partial charge in [-0.3, -0.25) is 4.90 Å². The highest BCUT2D eigenvalue weighted by Crippen LogP contribution is 2.37. The van der Waals surface area contributed by atoms with Crippen molar-refractivity contribution in [3.8, 4) is 0 Å². The van der Waals surface area contributed by atoms with Gasteiger partial charge in [0.05, 0.1) is 0 Å². The first kappa shape index (κ1) is 13.3. The fourth-order valence-corrected chi connectivity index (χ4v) is 3.46. The lowest BCUT2D eigenvalue weighted by atomic mass is 9.75. The molecule has 0 atom stereocenters. The summed E-state index contributed by atoms with van der Waals surface area (Å²) in [6.07, 6.45) is 7.58. The summed E-state index contributed by atoms with van der Waals surface area (Å²) in [5.41, 5.74) is 6.39. The van der Waals surface area contributed by atoms with Crippen LogP contribution in [0.5, 0.6) is 0 Å². The maximum Gasteiger partial charge on any atom is 0.0480 e. The van der Waals surface area contributed by atoms with Gasteiger partial charge >= 0.3 is 0 Å². The summed E-state index contributed by atoms with van der Waals surface area (Å²) in [5.74, 6) is 0.887. The van der Waals surface area contributed by atoms with E-state index in [1.165, 1.54) is 38.5 Å². The normalized spacial score (nSPS) is 36.4. The molecule has 0 aromatic carbocycles. The molecule has 3 nitrogen and oxygen atoms in total. The highest BCUT2D eigenvalue weighted by Gasteiger charge is 2.39. The zero-order chi connectivity index (χ0) is 12.3. The van der Waals surface area contributed by atoms with E-state index in [1.54, 1.807) is 0 Å². The number of hydrogen-bond donors (Lipinski definition) is 1. The smallest absolute Gasteiger partial charge is 0.0480 e. The van der Waals surface area contributed by atoms with E-state index >= 15 is 0 Å². The van der Waals surface area contributed by atoms with Crippen molar-refractivity contribution in [3.05, 3.63) is 0 Å². The van der Waals surface area contributed by atoms with Gasteiger partial charge in [-0.25, -0.2) is 0 Å². The summed E-state index contributed by atoms with van der Waals surface area (Å²) < 4.78 is 5.46. The van der Waals surface area contributed by atoms with Crippen LogP contribution in [-0.2, 0) is 4.74 Å². The summed E-state index contributed by atoms with van der Waals surface area (Å²) in [7, 11) is 2.29. The van der Waals surface area contributed by atoms with Gasteiger partial charge in [0, 0.05) is 31.3 Å². The summed E-state index contributed by atoms with van der Waals surface area (Å²) >= 11 is 0. The van der Waals surface area contributed by atoms with Gasteiger partial charge in [0.1, 0.15) is 0 Å². The Labute approximate surface area is 106 Å². The van der Waals surface area contributed by atoms with E-state index in [4.69, 9.17) is 10.5 Å². The first-order chi connectivity index (χ1) is 8.18. The molecule has 1 heterocycles. The predicted molar refractivity (Wildman–Crippen MR) is 71.0 cm³/mol. The molecule has 0 unspecified atom stereocenters. The van der Waals surface area contributed by atoms with E-state index in [-0.39, 0.29) is 5.54 Å². The van der Waals surface area contributed by atoms with Crippen LogP contribution >= 0.6 is 0 Å². The quantitative estimate of drug-likeness (QED) is 0.820. The van der Waals surface area contributed by atoms with E-state index in [1.807, 2.05) is 0 Å². The van der Waals surface area contributed by atoms with Crippen molar-refractivity contribution in [2.75, 3.05) is 26.8 Å². The largest absolute Gasteiger partial charge is 0.381 e. The lowest BCUT2D eigenvalue weighted by molar-refractivity contribution is -0.0206. The summed E-state index contributed by atoms with van der Waals surface area (Å²) in [5, 5.41) is 0. The van der Waals surface area contributed by atoms with Crippen molar-refractivity contribution in [1.82, 2.24) is 4.90 Å². The van der Waals surface area contributed by atoms with Crippen LogP contribution in [-0.4, -0.2) is 43.3 Å². The van der Waals surface area contributed by atoms with Gasteiger partial charge in [0.25, 0.3) is 0 Å². The highest BCUT2D eigenvalue weighted by atomic mass is 16.5. The number of rotatable bonds is 3. The Balaban J connectivity index is 2.00. The molecule has 2 fully saturated rings. The molecule has 100 valence electrons. The molecule has 1 saturated heterocycles. The minimum Gasteiger partial charge on any atom is -0.381 e. The van der Waals surface area contributed by atoms with Crippen molar-refractivity contribution in [2.24, 2.45) is 11.7 Å². The second-order valence-electron chi connectivity index (χ2n) is 6.07. The molecular weight excluding hydrogens is 212 g/mol. The van der Waals surface area contributed by atoms with Crippen LogP contribution in [0.3, 0.4) is 0 Å². The molecule has 0 spiro atoms. The Kier molecular flexibility index (Phi) is 4.45. The lowest BCUT2D eigenvalue weighted by Crippen LogP contribution is -2.58. The third kappa shape index (κ3) is 2.83. The maximum absolute atomic E-state index is 6.12. The molecule has 1 aliphatic heterocycles. The zero-order valence-corrected chi connectivity index (χ0v) is 11.5. The molecule has 0 amide bonds. The van der Waals surface area contributed by atoms with Crippen molar-refractivity contribution in [2.45, 2.75) is 57.0 Å². The second kappa shape index (κ2) is 5.68. The molecule has 1 saturated carbocycles. The van der Waals surface area contributed by atoms with Crippen LogP contribution in [0.25, 0.3) is 0 Å². The van der Waals surface area contributed by atoms with Crippen LogP contribution in [0, 0.1) is 5.92 Å². The van der Waals surface area contributed by atoms with Gasteiger partial charge in [0.2, 0.25) is 0 Å². The van der Waals surface area contributed by atoms with E-state index < -0.39 is 0 Å². The van der Waals surface area contributed by atoms with E-state index in [0.29, 0.717) is 6.04 Å². The molecule has 0 aromatic rings. The number of nitrogens with two attached hydrogens (primary N) is 1. The third-order valence-corrected chi connectivity index (χ3v) is 5.07. The van der Waals surface area contributed by atoms with Gasteiger partial charge in [-0.05, 0) is 51.5 Å². The topological polar surface area (TPSA) is 38.5 Å². The first-order valence-electron chi connectivity index (χ1n) is 7.19. The first-order valence-corrected chi connectivity index (χ1v) is 7.19. The molecule has 0 radical (unpaired) electrons. The number of nitrogens with zero attached hydrogens (tertiary/aromatic N) is 1. The zero-order valence-electron chi connectivity index (χ0n) is 11.5. The Morgan fingerprint density at radius 1 is 1.18 bits per heavy atom. The lowest BCUT2D eigenvalue weighted by Gasteiger charge is -2.49. The monoisotopic (exact) mass is 240 g/mol. The Morgan fingerprint density at radius 2 is 1.76 bits per heavy atom. The minimum absolute atomic E-state index is 0.272. The standard InChI is InChI=1S/C14H28N2O/c1-12-3-7-14(11-15,8-4-12)16(2)13-5-9-17-10-6-13/h12-13H,3-11,15H2,1-2H3. The van der Waals surface area contributed by atoms with E-state index in [2.05, 4.69) is 18.9 Å². The summed E-state index contributed by atoms with van der Waals surface area (Å²) in [6.45, 7) is 5.03. The van der Waals surface area contributed by atoms with Gasteiger partial charge in [0.15, 0.2) is 0 Å². The number of ether oxygens (including phenoxy) is 1. The fourth-order valence-electron chi connectivity index (χ4n) is 3.46. The molecule has 0 bridgehead atoms.